The topological polar surface area (TPSA) is 33.0 Å². The van der Waals surface area contributed by atoms with Crippen LogP contribution in [0.3, 0.4) is 0 Å². The SMILES string of the molecule is COc1cccc(C)c1/C=C/C#N. The van der Waals surface area contributed by atoms with Crippen molar-refractivity contribution < 1.29 is 4.74 Å². The summed E-state index contributed by atoms with van der Waals surface area (Å²) in [5.74, 6) is 0.798. The second-order valence-corrected chi connectivity index (χ2v) is 2.65. The van der Waals surface area contributed by atoms with Crippen LogP contribution in [0.25, 0.3) is 6.08 Å². The zero-order valence-electron chi connectivity index (χ0n) is 7.74. The van der Waals surface area contributed by atoms with Gasteiger partial charge < -0.3 is 4.74 Å². The summed E-state index contributed by atoms with van der Waals surface area (Å²) in [5.41, 5.74) is 2.07. The Hall–Kier alpha value is -1.75. The van der Waals surface area contributed by atoms with Crippen LogP contribution in [0.15, 0.2) is 24.3 Å². The fraction of sp³-hybridized carbons (Fsp3) is 0.182. The number of aryl methyl sites for hydroxylation is 1. The van der Waals surface area contributed by atoms with Gasteiger partial charge in [0.25, 0.3) is 0 Å². The van der Waals surface area contributed by atoms with Gasteiger partial charge in [0, 0.05) is 11.6 Å². The molecule has 0 amide bonds. The maximum atomic E-state index is 8.40. The molecule has 0 aliphatic heterocycles. The second kappa shape index (κ2) is 4.32. The summed E-state index contributed by atoms with van der Waals surface area (Å²) < 4.78 is 5.16. The van der Waals surface area contributed by atoms with E-state index in [9.17, 15) is 0 Å². The summed E-state index contributed by atoms with van der Waals surface area (Å²) >= 11 is 0. The van der Waals surface area contributed by atoms with Crippen molar-refractivity contribution in [2.24, 2.45) is 0 Å². The molecule has 1 aromatic carbocycles. The highest BCUT2D eigenvalue weighted by atomic mass is 16.5. The van der Waals surface area contributed by atoms with E-state index in [2.05, 4.69) is 0 Å². The number of nitriles is 1. The average Bonchev–Trinajstić information content (AvgIpc) is 2.15. The van der Waals surface area contributed by atoms with Gasteiger partial charge in [0.15, 0.2) is 0 Å². The van der Waals surface area contributed by atoms with Crippen LogP contribution in [0.5, 0.6) is 5.75 Å². The van der Waals surface area contributed by atoms with Gasteiger partial charge in [-0.15, -0.1) is 0 Å². The van der Waals surface area contributed by atoms with Crippen molar-refractivity contribution >= 4 is 6.08 Å². The van der Waals surface area contributed by atoms with Crippen LogP contribution < -0.4 is 4.74 Å². The number of rotatable bonds is 2. The quantitative estimate of drug-likeness (QED) is 0.644. The van der Waals surface area contributed by atoms with E-state index >= 15 is 0 Å². The van der Waals surface area contributed by atoms with Gasteiger partial charge in [-0.05, 0) is 24.6 Å². The lowest BCUT2D eigenvalue weighted by molar-refractivity contribution is 0.413. The summed E-state index contributed by atoms with van der Waals surface area (Å²) in [5, 5.41) is 8.40. The highest BCUT2D eigenvalue weighted by Crippen LogP contribution is 2.22. The first-order chi connectivity index (χ1) is 6.29. The summed E-state index contributed by atoms with van der Waals surface area (Å²) in [6, 6.07) is 7.75. The minimum Gasteiger partial charge on any atom is -0.496 e. The molecule has 1 rings (SSSR count). The van der Waals surface area contributed by atoms with Crippen molar-refractivity contribution in [2.75, 3.05) is 7.11 Å². The molecule has 2 nitrogen and oxygen atoms in total. The predicted molar refractivity (Wildman–Crippen MR) is 52.4 cm³/mol. The van der Waals surface area contributed by atoms with Crippen molar-refractivity contribution in [3.8, 4) is 11.8 Å². The molecular formula is C11H11NO. The second-order valence-electron chi connectivity index (χ2n) is 2.65. The first-order valence-electron chi connectivity index (χ1n) is 3.99. The number of allylic oxidation sites excluding steroid dienone is 1. The zero-order chi connectivity index (χ0) is 9.68. The number of hydrogen-bond acceptors (Lipinski definition) is 2. The Balaban J connectivity index is 3.17. The van der Waals surface area contributed by atoms with Gasteiger partial charge in [-0.2, -0.15) is 5.26 Å². The number of hydrogen-bond donors (Lipinski definition) is 0. The van der Waals surface area contributed by atoms with Gasteiger partial charge in [-0.3, -0.25) is 0 Å². The lowest BCUT2D eigenvalue weighted by atomic mass is 10.1. The molecule has 0 fully saturated rings. The van der Waals surface area contributed by atoms with Crippen LogP contribution in [0.4, 0.5) is 0 Å². The van der Waals surface area contributed by atoms with E-state index in [0.717, 1.165) is 16.9 Å². The van der Waals surface area contributed by atoms with Crippen LogP contribution in [0, 0.1) is 18.3 Å². The standard InChI is InChI=1S/C11H11NO/c1-9-5-3-7-11(13-2)10(9)6-4-8-12/h3-7H,1-2H3/b6-4+. The van der Waals surface area contributed by atoms with E-state index < -0.39 is 0 Å². The van der Waals surface area contributed by atoms with Crippen molar-refractivity contribution in [1.82, 2.24) is 0 Å². The summed E-state index contributed by atoms with van der Waals surface area (Å²) in [6.07, 6.45) is 3.21. The summed E-state index contributed by atoms with van der Waals surface area (Å²) in [7, 11) is 1.62. The zero-order valence-corrected chi connectivity index (χ0v) is 7.74. The van der Waals surface area contributed by atoms with Gasteiger partial charge >= 0.3 is 0 Å². The maximum absolute atomic E-state index is 8.40. The Morgan fingerprint density at radius 3 is 2.85 bits per heavy atom. The van der Waals surface area contributed by atoms with Crippen molar-refractivity contribution in [2.45, 2.75) is 6.92 Å². The third-order valence-corrected chi connectivity index (χ3v) is 1.83. The predicted octanol–water partition coefficient (Wildman–Crippen LogP) is 2.54. The Bertz CT molecular complexity index is 361. The van der Waals surface area contributed by atoms with Gasteiger partial charge in [-0.25, -0.2) is 0 Å². The fourth-order valence-electron chi connectivity index (χ4n) is 1.17. The molecule has 13 heavy (non-hydrogen) atoms. The van der Waals surface area contributed by atoms with Crippen molar-refractivity contribution in [1.29, 1.82) is 5.26 Å². The monoisotopic (exact) mass is 173 g/mol. The molecule has 0 saturated carbocycles. The lowest BCUT2D eigenvalue weighted by Gasteiger charge is -2.06. The van der Waals surface area contributed by atoms with E-state index in [4.69, 9.17) is 10.00 Å². The maximum Gasteiger partial charge on any atom is 0.126 e. The third-order valence-electron chi connectivity index (χ3n) is 1.83. The number of ether oxygens (including phenoxy) is 1. The van der Waals surface area contributed by atoms with E-state index in [1.54, 1.807) is 13.2 Å². The molecule has 0 aromatic heterocycles. The van der Waals surface area contributed by atoms with Gasteiger partial charge in [0.1, 0.15) is 5.75 Å². The third kappa shape index (κ3) is 2.09. The molecule has 0 atom stereocenters. The molecule has 0 N–H and O–H groups in total. The van der Waals surface area contributed by atoms with E-state index in [1.165, 1.54) is 6.08 Å². The van der Waals surface area contributed by atoms with Gasteiger partial charge in [0.05, 0.1) is 13.2 Å². The summed E-state index contributed by atoms with van der Waals surface area (Å²) in [6.45, 7) is 1.99. The average molecular weight is 173 g/mol. The van der Waals surface area contributed by atoms with Crippen LogP contribution in [-0.4, -0.2) is 7.11 Å². The molecule has 0 unspecified atom stereocenters. The highest BCUT2D eigenvalue weighted by molar-refractivity contribution is 5.62. The van der Waals surface area contributed by atoms with E-state index in [1.807, 2.05) is 31.2 Å². The molecule has 66 valence electrons. The number of methoxy groups -OCH3 is 1. The minimum absolute atomic E-state index is 0.798. The molecule has 0 bridgehead atoms. The van der Waals surface area contributed by atoms with Crippen molar-refractivity contribution in [3.63, 3.8) is 0 Å². The Labute approximate surface area is 78.1 Å². The molecule has 0 spiro atoms. The van der Waals surface area contributed by atoms with Crippen molar-refractivity contribution in [3.05, 3.63) is 35.4 Å². The largest absolute Gasteiger partial charge is 0.496 e. The van der Waals surface area contributed by atoms with Crippen LogP contribution >= 0.6 is 0 Å². The molecule has 0 heterocycles. The highest BCUT2D eigenvalue weighted by Gasteiger charge is 2.00. The molecule has 0 aliphatic rings. The van der Waals surface area contributed by atoms with E-state index in [-0.39, 0.29) is 0 Å². The Kier molecular flexibility index (Phi) is 3.10. The molecule has 0 saturated heterocycles. The fourth-order valence-corrected chi connectivity index (χ4v) is 1.17. The van der Waals surface area contributed by atoms with Gasteiger partial charge in [0.2, 0.25) is 0 Å². The Morgan fingerprint density at radius 2 is 2.23 bits per heavy atom. The van der Waals surface area contributed by atoms with Gasteiger partial charge in [-0.1, -0.05) is 12.1 Å². The molecular weight excluding hydrogens is 162 g/mol. The number of nitrogens with zero attached hydrogens (tertiary/aromatic N) is 1. The Morgan fingerprint density at radius 1 is 1.46 bits per heavy atom. The normalized spacial score (nSPS) is 9.92. The molecule has 1 aromatic rings. The number of benzene rings is 1. The summed E-state index contributed by atoms with van der Waals surface area (Å²) in [4.78, 5) is 0. The first-order valence-corrected chi connectivity index (χ1v) is 3.99. The van der Waals surface area contributed by atoms with Crippen LogP contribution in [0.1, 0.15) is 11.1 Å². The van der Waals surface area contributed by atoms with E-state index in [0.29, 0.717) is 0 Å². The van der Waals surface area contributed by atoms with Crippen LogP contribution in [-0.2, 0) is 0 Å². The molecule has 0 aliphatic carbocycles. The first kappa shape index (κ1) is 9.34. The molecule has 0 radical (unpaired) electrons. The molecule has 2 heteroatoms. The minimum atomic E-state index is 0.798. The van der Waals surface area contributed by atoms with Crippen LogP contribution in [0.2, 0.25) is 0 Å². The smallest absolute Gasteiger partial charge is 0.126 e. The lowest BCUT2D eigenvalue weighted by Crippen LogP contribution is -1.88.